The Bertz CT molecular complexity index is 541. The van der Waals surface area contributed by atoms with Crippen molar-refractivity contribution in [2.45, 2.75) is 65.8 Å². The molecule has 3 rings (SSSR count). The molecular formula is C22H36FNO. The smallest absolute Gasteiger partial charge is 0.0916 e. The number of hydrogen-bond acceptors (Lipinski definition) is 2. The summed E-state index contributed by atoms with van der Waals surface area (Å²) in [5.41, 5.74) is 6.19. The first kappa shape index (κ1) is 20.4. The van der Waals surface area contributed by atoms with Crippen LogP contribution in [0, 0.1) is 25.7 Å². The van der Waals surface area contributed by atoms with Crippen LogP contribution in [0.2, 0.25) is 0 Å². The summed E-state index contributed by atoms with van der Waals surface area (Å²) >= 11 is 0. The van der Waals surface area contributed by atoms with E-state index < -0.39 is 6.67 Å². The van der Waals surface area contributed by atoms with E-state index in [0.29, 0.717) is 6.04 Å². The maximum Gasteiger partial charge on any atom is 0.0916 e. The topological polar surface area (TPSA) is 23.5 Å². The van der Waals surface area contributed by atoms with Crippen molar-refractivity contribution in [2.75, 3.05) is 26.4 Å². The highest BCUT2D eigenvalue weighted by Gasteiger charge is 2.33. The quantitative estimate of drug-likeness (QED) is 0.827. The molecule has 0 bridgehead atoms. The molecule has 1 fully saturated rings. The standard InChI is InChI=1S/C19H29N.C3H7FO/c1-13(2)9-16-5-6-19-18-11-15(4)14(3)10-17(18)7-8-20(19)12-16;4-2-1-3-5/h10-11,13,16,19H,5-9,12H2,1-4H3;5H,1-3H2/t16-,19?;/m1./s1. The van der Waals surface area contributed by atoms with Gasteiger partial charge in [0.15, 0.2) is 0 Å². The summed E-state index contributed by atoms with van der Waals surface area (Å²) in [4.78, 5) is 2.77. The minimum atomic E-state index is -0.406. The second kappa shape index (κ2) is 9.68. The molecule has 2 aliphatic rings. The molecule has 142 valence electrons. The van der Waals surface area contributed by atoms with E-state index in [1.165, 1.54) is 49.9 Å². The third kappa shape index (κ3) is 5.52. The van der Waals surface area contributed by atoms with Gasteiger partial charge >= 0.3 is 0 Å². The first-order valence-electron chi connectivity index (χ1n) is 9.97. The SMILES string of the molecule is Cc1cc2c(cc1C)C1CC[C@H](CC(C)C)CN1CC2.OCCCF. The molecule has 3 heteroatoms. The minimum Gasteiger partial charge on any atom is -0.396 e. The number of aliphatic hydroxyl groups excluding tert-OH is 1. The Morgan fingerprint density at radius 1 is 1.20 bits per heavy atom. The van der Waals surface area contributed by atoms with Crippen molar-refractivity contribution in [3.8, 4) is 0 Å². The number of hydrogen-bond donors (Lipinski definition) is 1. The first-order valence-corrected chi connectivity index (χ1v) is 9.97. The zero-order chi connectivity index (χ0) is 18.4. The molecule has 0 aromatic heterocycles. The highest BCUT2D eigenvalue weighted by Crippen LogP contribution is 2.40. The lowest BCUT2D eigenvalue weighted by molar-refractivity contribution is 0.0896. The van der Waals surface area contributed by atoms with Gasteiger partial charge in [0.05, 0.1) is 6.67 Å². The van der Waals surface area contributed by atoms with E-state index in [-0.39, 0.29) is 13.0 Å². The molecule has 1 aromatic rings. The highest BCUT2D eigenvalue weighted by molar-refractivity contribution is 5.40. The van der Waals surface area contributed by atoms with E-state index in [2.05, 4.69) is 44.7 Å². The number of benzene rings is 1. The van der Waals surface area contributed by atoms with Gasteiger partial charge in [-0.1, -0.05) is 26.0 Å². The molecule has 0 aliphatic carbocycles. The summed E-state index contributed by atoms with van der Waals surface area (Å²) in [6, 6.07) is 5.63. The Balaban J connectivity index is 0.000000399. The number of piperidine rings is 1. The van der Waals surface area contributed by atoms with E-state index in [0.717, 1.165) is 11.8 Å². The van der Waals surface area contributed by atoms with Gasteiger partial charge < -0.3 is 5.11 Å². The number of rotatable bonds is 4. The second-order valence-corrected chi connectivity index (χ2v) is 8.24. The van der Waals surface area contributed by atoms with Crippen molar-refractivity contribution in [3.63, 3.8) is 0 Å². The van der Waals surface area contributed by atoms with Crippen LogP contribution in [-0.2, 0) is 6.42 Å². The van der Waals surface area contributed by atoms with Crippen molar-refractivity contribution >= 4 is 0 Å². The van der Waals surface area contributed by atoms with Gasteiger partial charge in [0.2, 0.25) is 0 Å². The van der Waals surface area contributed by atoms with Crippen LogP contribution < -0.4 is 0 Å². The number of alkyl halides is 1. The molecule has 2 aliphatic heterocycles. The molecular weight excluding hydrogens is 313 g/mol. The Kier molecular flexibility index (Phi) is 7.89. The molecule has 2 heterocycles. The van der Waals surface area contributed by atoms with E-state index in [1.54, 1.807) is 11.1 Å². The van der Waals surface area contributed by atoms with Gasteiger partial charge in [0.1, 0.15) is 0 Å². The van der Waals surface area contributed by atoms with Crippen LogP contribution in [0.1, 0.15) is 67.8 Å². The lowest BCUT2D eigenvalue weighted by Gasteiger charge is -2.44. The van der Waals surface area contributed by atoms with Crippen LogP contribution in [-0.4, -0.2) is 36.4 Å². The van der Waals surface area contributed by atoms with Gasteiger partial charge in [-0.25, -0.2) is 0 Å². The summed E-state index contributed by atoms with van der Waals surface area (Å²) in [5.74, 6) is 1.78. The lowest BCUT2D eigenvalue weighted by Crippen LogP contribution is -2.42. The van der Waals surface area contributed by atoms with E-state index in [1.807, 2.05) is 0 Å². The Morgan fingerprint density at radius 3 is 2.52 bits per heavy atom. The van der Waals surface area contributed by atoms with Crippen molar-refractivity contribution in [2.24, 2.45) is 11.8 Å². The Hall–Kier alpha value is -0.930. The average molecular weight is 350 g/mol. The highest BCUT2D eigenvalue weighted by atomic mass is 19.1. The van der Waals surface area contributed by atoms with Gasteiger partial charge in [0, 0.05) is 25.7 Å². The molecule has 1 saturated heterocycles. The maximum atomic E-state index is 10.8. The van der Waals surface area contributed by atoms with E-state index in [4.69, 9.17) is 5.11 Å². The van der Waals surface area contributed by atoms with Crippen molar-refractivity contribution in [3.05, 3.63) is 34.4 Å². The van der Waals surface area contributed by atoms with Crippen molar-refractivity contribution < 1.29 is 9.50 Å². The fourth-order valence-electron chi connectivity index (χ4n) is 4.33. The number of aliphatic hydroxyl groups is 1. The monoisotopic (exact) mass is 349 g/mol. The Morgan fingerprint density at radius 2 is 1.92 bits per heavy atom. The predicted octanol–water partition coefficient (Wildman–Crippen LogP) is 5.00. The van der Waals surface area contributed by atoms with Crippen LogP contribution in [0.25, 0.3) is 0 Å². The number of fused-ring (bicyclic) bond motifs is 3. The molecule has 2 nitrogen and oxygen atoms in total. The third-order valence-electron chi connectivity index (χ3n) is 5.66. The largest absolute Gasteiger partial charge is 0.396 e. The summed E-state index contributed by atoms with van der Waals surface area (Å²) < 4.78 is 10.8. The van der Waals surface area contributed by atoms with Crippen LogP contribution in [0.4, 0.5) is 4.39 Å². The number of nitrogens with zero attached hydrogens (tertiary/aromatic N) is 1. The van der Waals surface area contributed by atoms with Gasteiger partial charge in [-0.05, 0) is 80.0 Å². The molecule has 0 saturated carbocycles. The number of aryl methyl sites for hydroxylation is 2. The van der Waals surface area contributed by atoms with E-state index >= 15 is 0 Å². The summed E-state index contributed by atoms with van der Waals surface area (Å²) in [7, 11) is 0. The van der Waals surface area contributed by atoms with Gasteiger partial charge in [-0.3, -0.25) is 9.29 Å². The maximum absolute atomic E-state index is 10.8. The minimum absolute atomic E-state index is 0.0312. The lowest BCUT2D eigenvalue weighted by atomic mass is 9.80. The third-order valence-corrected chi connectivity index (χ3v) is 5.66. The van der Waals surface area contributed by atoms with Crippen molar-refractivity contribution in [1.29, 1.82) is 0 Å². The molecule has 0 spiro atoms. The van der Waals surface area contributed by atoms with E-state index in [9.17, 15) is 4.39 Å². The van der Waals surface area contributed by atoms with Gasteiger partial charge in [0.25, 0.3) is 0 Å². The predicted molar refractivity (Wildman–Crippen MR) is 104 cm³/mol. The molecule has 1 N–H and O–H groups in total. The van der Waals surface area contributed by atoms with Crippen LogP contribution >= 0.6 is 0 Å². The summed E-state index contributed by atoms with van der Waals surface area (Å²) in [6.07, 6.45) is 5.73. The molecule has 1 unspecified atom stereocenters. The van der Waals surface area contributed by atoms with Crippen molar-refractivity contribution in [1.82, 2.24) is 4.90 Å². The fourth-order valence-corrected chi connectivity index (χ4v) is 4.33. The van der Waals surface area contributed by atoms with Gasteiger partial charge in [-0.15, -0.1) is 0 Å². The summed E-state index contributed by atoms with van der Waals surface area (Å²) in [5, 5.41) is 7.83. The zero-order valence-corrected chi connectivity index (χ0v) is 16.5. The molecule has 2 atom stereocenters. The van der Waals surface area contributed by atoms with Gasteiger partial charge in [-0.2, -0.15) is 0 Å². The molecule has 1 aromatic carbocycles. The fraction of sp³-hybridized carbons (Fsp3) is 0.727. The molecule has 0 radical (unpaired) electrons. The first-order chi connectivity index (χ1) is 12.0. The normalized spacial score (nSPS) is 22.8. The molecule has 0 amide bonds. The van der Waals surface area contributed by atoms with Crippen LogP contribution in [0.15, 0.2) is 12.1 Å². The average Bonchev–Trinajstić information content (AvgIpc) is 2.56. The second-order valence-electron chi connectivity index (χ2n) is 8.24. The van der Waals surface area contributed by atoms with Crippen LogP contribution in [0.3, 0.4) is 0 Å². The number of halogens is 1. The Labute approximate surface area is 153 Å². The molecule has 25 heavy (non-hydrogen) atoms. The summed E-state index contributed by atoms with van der Waals surface area (Å²) in [6.45, 7) is 11.4. The zero-order valence-electron chi connectivity index (χ0n) is 16.5. The van der Waals surface area contributed by atoms with Crippen LogP contribution in [0.5, 0.6) is 0 Å².